The Bertz CT molecular complexity index is 639. The Morgan fingerprint density at radius 1 is 1.20 bits per heavy atom. The maximum atomic E-state index is 14.3. The lowest BCUT2D eigenvalue weighted by atomic mass is 9.78. The van der Waals surface area contributed by atoms with Gasteiger partial charge in [0, 0.05) is 12.0 Å². The highest BCUT2D eigenvalue weighted by Crippen LogP contribution is 2.36. The molecule has 1 aromatic rings. The van der Waals surface area contributed by atoms with Crippen molar-refractivity contribution in [2.45, 2.75) is 71.8 Å². The van der Waals surface area contributed by atoms with Crippen molar-refractivity contribution in [3.8, 4) is 0 Å². The number of carbonyl (C=O) groups is 1. The molecule has 1 aromatic carbocycles. The summed E-state index contributed by atoms with van der Waals surface area (Å²) in [7, 11) is -0.786. The number of rotatable bonds is 3. The van der Waals surface area contributed by atoms with Crippen molar-refractivity contribution in [2.75, 3.05) is 0 Å². The van der Waals surface area contributed by atoms with Crippen LogP contribution in [0.4, 0.5) is 9.18 Å². The van der Waals surface area contributed by atoms with Gasteiger partial charge in [0.1, 0.15) is 11.4 Å². The number of benzene rings is 1. The minimum Gasteiger partial charge on any atom is -0.444 e. The highest BCUT2D eigenvalue weighted by molar-refractivity contribution is 6.62. The molecule has 2 rings (SSSR count). The van der Waals surface area contributed by atoms with Gasteiger partial charge in [-0.3, -0.25) is 0 Å². The van der Waals surface area contributed by atoms with Gasteiger partial charge in [0.15, 0.2) is 0 Å². The number of hydrogen-bond acceptors (Lipinski definition) is 4. The van der Waals surface area contributed by atoms with Crippen molar-refractivity contribution in [1.82, 2.24) is 5.32 Å². The third-order valence-electron chi connectivity index (χ3n) is 4.40. The Hall–Kier alpha value is -1.60. The zero-order valence-corrected chi connectivity index (χ0v) is 16.0. The van der Waals surface area contributed by atoms with Gasteiger partial charge >= 0.3 is 13.2 Å². The molecule has 1 N–H and O–H groups in total. The van der Waals surface area contributed by atoms with Crippen molar-refractivity contribution < 1.29 is 23.2 Å². The SMILES string of the molecule is CC(C)(C)OC(=O)NCc1ccc(F)c(B2OC(C)(C)C(C)(C)O2)c1. The summed E-state index contributed by atoms with van der Waals surface area (Å²) in [4.78, 5) is 11.8. The van der Waals surface area contributed by atoms with Gasteiger partial charge in [0.25, 0.3) is 0 Å². The molecule has 5 nitrogen and oxygen atoms in total. The third kappa shape index (κ3) is 4.73. The van der Waals surface area contributed by atoms with Gasteiger partial charge in [-0.2, -0.15) is 0 Å². The highest BCUT2D eigenvalue weighted by atomic mass is 19.1. The van der Waals surface area contributed by atoms with Crippen molar-refractivity contribution in [1.29, 1.82) is 0 Å². The van der Waals surface area contributed by atoms with E-state index in [4.69, 9.17) is 14.0 Å². The third-order valence-corrected chi connectivity index (χ3v) is 4.40. The van der Waals surface area contributed by atoms with Crippen molar-refractivity contribution in [2.24, 2.45) is 0 Å². The number of halogens is 1. The predicted molar refractivity (Wildman–Crippen MR) is 95.2 cm³/mol. The molecule has 25 heavy (non-hydrogen) atoms. The minimum atomic E-state index is -0.786. The molecule has 0 radical (unpaired) electrons. The smallest absolute Gasteiger partial charge is 0.444 e. The van der Waals surface area contributed by atoms with Crippen molar-refractivity contribution in [3.05, 3.63) is 29.6 Å². The molecule has 7 heteroatoms. The molecule has 1 aliphatic rings. The second-order valence-electron chi connectivity index (χ2n) is 8.30. The molecule has 0 aromatic heterocycles. The van der Waals surface area contributed by atoms with Gasteiger partial charge < -0.3 is 19.4 Å². The number of alkyl carbamates (subject to hydrolysis) is 1. The Morgan fingerprint density at radius 3 is 2.28 bits per heavy atom. The molecule has 0 unspecified atom stereocenters. The first-order valence-corrected chi connectivity index (χ1v) is 8.41. The van der Waals surface area contributed by atoms with Crippen LogP contribution in [0.1, 0.15) is 54.0 Å². The average molecular weight is 351 g/mol. The summed E-state index contributed by atoms with van der Waals surface area (Å²) in [5.74, 6) is -0.403. The van der Waals surface area contributed by atoms with E-state index in [2.05, 4.69) is 5.32 Å². The summed E-state index contributed by atoms with van der Waals surface area (Å²) >= 11 is 0. The van der Waals surface area contributed by atoms with Crippen LogP contribution in [0.15, 0.2) is 18.2 Å². The van der Waals surface area contributed by atoms with E-state index in [9.17, 15) is 9.18 Å². The standard InChI is InChI=1S/C18H27BFNO4/c1-16(2,3)23-15(22)21-11-12-8-9-14(20)13(10-12)19-24-17(4,5)18(6,7)25-19/h8-10H,11H2,1-7H3,(H,21,22). The molecule has 1 fully saturated rings. The fourth-order valence-electron chi connectivity index (χ4n) is 2.34. The van der Waals surface area contributed by atoms with Crippen LogP contribution in [0.2, 0.25) is 0 Å². The lowest BCUT2D eigenvalue weighted by Gasteiger charge is -2.32. The number of carbonyl (C=O) groups excluding carboxylic acids is 1. The van der Waals surface area contributed by atoms with Crippen LogP contribution >= 0.6 is 0 Å². The van der Waals surface area contributed by atoms with E-state index in [0.29, 0.717) is 5.46 Å². The van der Waals surface area contributed by atoms with Crippen LogP contribution in [0, 0.1) is 5.82 Å². The fourth-order valence-corrected chi connectivity index (χ4v) is 2.34. The van der Waals surface area contributed by atoms with E-state index in [-0.39, 0.29) is 6.54 Å². The molecule has 1 heterocycles. The zero-order chi connectivity index (χ0) is 19.0. The molecule has 138 valence electrons. The maximum absolute atomic E-state index is 14.3. The van der Waals surface area contributed by atoms with Gasteiger partial charge in [0.2, 0.25) is 0 Å². The summed E-state index contributed by atoms with van der Waals surface area (Å²) in [5.41, 5.74) is -0.607. The summed E-state index contributed by atoms with van der Waals surface area (Å²) in [6, 6.07) is 4.61. The number of ether oxygens (including phenoxy) is 1. The summed E-state index contributed by atoms with van der Waals surface area (Å²) in [5, 5.41) is 2.66. The van der Waals surface area contributed by atoms with E-state index < -0.39 is 35.8 Å². The predicted octanol–water partition coefficient (Wildman–Crippen LogP) is 3.15. The first kappa shape index (κ1) is 19.7. The minimum absolute atomic E-state index is 0.224. The Kier molecular flexibility index (Phi) is 5.22. The molecule has 1 aliphatic heterocycles. The average Bonchev–Trinajstić information content (AvgIpc) is 2.64. The van der Waals surface area contributed by atoms with E-state index >= 15 is 0 Å². The number of nitrogens with one attached hydrogen (secondary N) is 1. The zero-order valence-electron chi connectivity index (χ0n) is 16.0. The topological polar surface area (TPSA) is 56.8 Å². The molecule has 0 saturated carbocycles. The van der Waals surface area contributed by atoms with Gasteiger partial charge in [0.05, 0.1) is 11.2 Å². The van der Waals surface area contributed by atoms with Crippen LogP contribution in [0.25, 0.3) is 0 Å². The molecule has 0 spiro atoms. The molecule has 0 atom stereocenters. The van der Waals surface area contributed by atoms with Crippen LogP contribution in [-0.2, 0) is 20.6 Å². The monoisotopic (exact) mass is 351 g/mol. The maximum Gasteiger partial charge on any atom is 0.497 e. The summed E-state index contributed by atoms with van der Waals surface area (Å²) in [6.45, 7) is 13.3. The van der Waals surface area contributed by atoms with Gasteiger partial charge in [-0.1, -0.05) is 12.1 Å². The van der Waals surface area contributed by atoms with E-state index in [1.165, 1.54) is 6.07 Å². The van der Waals surface area contributed by atoms with Crippen LogP contribution < -0.4 is 10.8 Å². The molecule has 1 saturated heterocycles. The first-order valence-electron chi connectivity index (χ1n) is 8.41. The molecule has 0 bridgehead atoms. The second kappa shape index (κ2) is 6.61. The second-order valence-corrected chi connectivity index (χ2v) is 8.30. The molecular formula is C18H27BFNO4. The lowest BCUT2D eigenvalue weighted by Crippen LogP contribution is -2.41. The van der Waals surface area contributed by atoms with Crippen molar-refractivity contribution >= 4 is 18.7 Å². The van der Waals surface area contributed by atoms with Gasteiger partial charge in [-0.15, -0.1) is 0 Å². The Balaban J connectivity index is 2.10. The van der Waals surface area contributed by atoms with Gasteiger partial charge in [-0.25, -0.2) is 9.18 Å². The Labute approximate surface area is 149 Å². The normalized spacial score (nSPS) is 19.0. The summed E-state index contributed by atoms with van der Waals surface area (Å²) < 4.78 is 31.3. The van der Waals surface area contributed by atoms with Gasteiger partial charge in [-0.05, 0) is 60.1 Å². The quantitative estimate of drug-likeness (QED) is 0.850. The fraction of sp³-hybridized carbons (Fsp3) is 0.611. The molecule has 0 aliphatic carbocycles. The molecular weight excluding hydrogens is 324 g/mol. The Morgan fingerprint density at radius 2 is 1.76 bits per heavy atom. The van der Waals surface area contributed by atoms with Crippen LogP contribution in [0.5, 0.6) is 0 Å². The highest BCUT2D eigenvalue weighted by Gasteiger charge is 2.52. The molecule has 1 amide bonds. The van der Waals surface area contributed by atoms with E-state index in [0.717, 1.165) is 5.56 Å². The van der Waals surface area contributed by atoms with E-state index in [1.807, 2.05) is 27.7 Å². The lowest BCUT2D eigenvalue weighted by molar-refractivity contribution is 0.00578. The van der Waals surface area contributed by atoms with E-state index in [1.54, 1.807) is 32.9 Å². The van der Waals surface area contributed by atoms with Crippen molar-refractivity contribution in [3.63, 3.8) is 0 Å². The largest absolute Gasteiger partial charge is 0.497 e. The number of hydrogen-bond donors (Lipinski definition) is 1. The summed E-state index contributed by atoms with van der Waals surface area (Å²) in [6.07, 6.45) is -0.519. The first-order chi connectivity index (χ1) is 11.3. The number of amides is 1. The van der Waals surface area contributed by atoms with Crippen LogP contribution in [0.3, 0.4) is 0 Å². The van der Waals surface area contributed by atoms with Crippen LogP contribution in [-0.4, -0.2) is 30.0 Å².